The van der Waals surface area contributed by atoms with Crippen molar-refractivity contribution in [2.45, 2.75) is 18.9 Å². The molecular formula is C15H24ClN3O. The first-order chi connectivity index (χ1) is 9.13. The molecule has 1 aliphatic rings. The van der Waals surface area contributed by atoms with Crippen molar-refractivity contribution in [2.75, 3.05) is 39.1 Å². The molecule has 0 bridgehead atoms. The molecule has 2 rings (SSSR count). The maximum atomic E-state index is 12.1. The highest BCUT2D eigenvalue weighted by Gasteiger charge is 2.29. The second kappa shape index (κ2) is 7.50. The van der Waals surface area contributed by atoms with E-state index in [1.165, 1.54) is 11.3 Å². The van der Waals surface area contributed by atoms with E-state index in [1.54, 1.807) is 0 Å². The number of hydrogen-bond donors (Lipinski definition) is 1. The Labute approximate surface area is 127 Å². The molecule has 1 saturated heterocycles. The summed E-state index contributed by atoms with van der Waals surface area (Å²) in [7, 11) is 5.89. The number of benzene rings is 1. The Hall–Kier alpha value is -1.26. The highest BCUT2D eigenvalue weighted by Crippen LogP contribution is 2.33. The van der Waals surface area contributed by atoms with Crippen molar-refractivity contribution in [3.63, 3.8) is 0 Å². The van der Waals surface area contributed by atoms with Gasteiger partial charge < -0.3 is 15.1 Å². The van der Waals surface area contributed by atoms with Gasteiger partial charge in [0.2, 0.25) is 5.91 Å². The van der Waals surface area contributed by atoms with Crippen molar-refractivity contribution in [2.24, 2.45) is 0 Å². The maximum Gasteiger partial charge on any atom is 0.237 e. The zero-order chi connectivity index (χ0) is 13.8. The van der Waals surface area contributed by atoms with E-state index < -0.39 is 0 Å². The van der Waals surface area contributed by atoms with Gasteiger partial charge in [0, 0.05) is 26.3 Å². The van der Waals surface area contributed by atoms with E-state index in [9.17, 15) is 4.79 Å². The highest BCUT2D eigenvalue weighted by molar-refractivity contribution is 5.85. The number of carbonyl (C=O) groups excluding carboxylic acids is 1. The predicted octanol–water partition coefficient (Wildman–Crippen LogP) is 2.06. The van der Waals surface area contributed by atoms with Gasteiger partial charge in [-0.1, -0.05) is 12.1 Å². The van der Waals surface area contributed by atoms with E-state index in [-0.39, 0.29) is 24.4 Å². The van der Waals surface area contributed by atoms with E-state index >= 15 is 0 Å². The largest absolute Gasteiger partial charge is 0.378 e. The Balaban J connectivity index is 0.00000200. The van der Waals surface area contributed by atoms with Gasteiger partial charge in [0.25, 0.3) is 0 Å². The molecule has 112 valence electrons. The van der Waals surface area contributed by atoms with E-state index in [1.807, 2.05) is 26.0 Å². The second-order valence-electron chi connectivity index (χ2n) is 5.26. The predicted molar refractivity (Wildman–Crippen MR) is 85.6 cm³/mol. The van der Waals surface area contributed by atoms with Crippen LogP contribution in [-0.2, 0) is 4.79 Å². The van der Waals surface area contributed by atoms with Gasteiger partial charge in [0.1, 0.15) is 0 Å². The molecule has 1 N–H and O–H groups in total. The second-order valence-corrected chi connectivity index (χ2v) is 5.26. The fourth-order valence-corrected chi connectivity index (χ4v) is 2.67. The van der Waals surface area contributed by atoms with Crippen LogP contribution in [0.3, 0.4) is 0 Å². The summed E-state index contributed by atoms with van der Waals surface area (Å²) >= 11 is 0. The van der Waals surface area contributed by atoms with E-state index in [0.29, 0.717) is 6.54 Å². The van der Waals surface area contributed by atoms with Crippen LogP contribution < -0.4 is 10.2 Å². The van der Waals surface area contributed by atoms with Gasteiger partial charge in [0.15, 0.2) is 0 Å². The summed E-state index contributed by atoms with van der Waals surface area (Å²) in [6, 6.07) is 8.72. The molecule has 20 heavy (non-hydrogen) atoms. The third-order valence-electron chi connectivity index (χ3n) is 3.67. The molecule has 1 aliphatic heterocycles. The Kier molecular flexibility index (Phi) is 6.30. The van der Waals surface area contributed by atoms with Gasteiger partial charge in [-0.3, -0.25) is 4.79 Å². The van der Waals surface area contributed by atoms with Crippen LogP contribution in [0.2, 0.25) is 0 Å². The molecule has 0 aliphatic carbocycles. The fourth-order valence-electron chi connectivity index (χ4n) is 2.67. The molecule has 1 atom stereocenters. The van der Waals surface area contributed by atoms with E-state index in [0.717, 1.165) is 19.4 Å². The summed E-state index contributed by atoms with van der Waals surface area (Å²) in [5.41, 5.74) is 2.43. The van der Waals surface area contributed by atoms with Crippen molar-refractivity contribution in [1.29, 1.82) is 0 Å². The molecular weight excluding hydrogens is 274 g/mol. The summed E-state index contributed by atoms with van der Waals surface area (Å²) in [6.45, 7) is 1.29. The average molecular weight is 298 g/mol. The maximum absolute atomic E-state index is 12.1. The van der Waals surface area contributed by atoms with Crippen molar-refractivity contribution < 1.29 is 4.79 Å². The van der Waals surface area contributed by atoms with Crippen LogP contribution >= 0.6 is 12.4 Å². The Morgan fingerprint density at radius 1 is 1.45 bits per heavy atom. The van der Waals surface area contributed by atoms with Crippen molar-refractivity contribution >= 4 is 24.0 Å². The van der Waals surface area contributed by atoms with Crippen LogP contribution in [0.4, 0.5) is 5.69 Å². The number of likely N-dealkylation sites (tertiary alicyclic amines) is 1. The number of nitrogens with zero attached hydrogens (tertiary/aromatic N) is 2. The smallest absolute Gasteiger partial charge is 0.237 e. The lowest BCUT2D eigenvalue weighted by Crippen LogP contribution is -2.36. The van der Waals surface area contributed by atoms with Gasteiger partial charge in [-0.15, -0.1) is 12.4 Å². The summed E-state index contributed by atoms with van der Waals surface area (Å²) in [4.78, 5) is 16.2. The monoisotopic (exact) mass is 297 g/mol. The Bertz CT molecular complexity index is 450. The van der Waals surface area contributed by atoms with Crippen LogP contribution in [0.15, 0.2) is 24.3 Å². The number of anilines is 1. The molecule has 5 heteroatoms. The molecule has 1 aromatic carbocycles. The SMILES string of the molecule is CNCC(=O)N1CCCC1c1cccc(N(C)C)c1.Cl. The molecule has 1 unspecified atom stereocenters. The third-order valence-corrected chi connectivity index (χ3v) is 3.67. The summed E-state index contributed by atoms with van der Waals surface area (Å²) < 4.78 is 0. The van der Waals surface area contributed by atoms with Gasteiger partial charge in [-0.25, -0.2) is 0 Å². The highest BCUT2D eigenvalue weighted by atomic mass is 35.5. The number of nitrogens with one attached hydrogen (secondary N) is 1. The zero-order valence-electron chi connectivity index (χ0n) is 12.4. The van der Waals surface area contributed by atoms with Crippen LogP contribution in [0.1, 0.15) is 24.4 Å². The van der Waals surface area contributed by atoms with Crippen LogP contribution in [0.25, 0.3) is 0 Å². The molecule has 0 aromatic heterocycles. The molecule has 1 aromatic rings. The number of halogens is 1. The summed E-state index contributed by atoms with van der Waals surface area (Å²) in [6.07, 6.45) is 2.15. The lowest BCUT2D eigenvalue weighted by Gasteiger charge is -2.26. The quantitative estimate of drug-likeness (QED) is 0.924. The minimum atomic E-state index is 0. The standard InChI is InChI=1S/C15H23N3O.ClH/c1-16-11-15(19)18-9-5-8-14(18)12-6-4-7-13(10-12)17(2)3;/h4,6-7,10,14,16H,5,8-9,11H2,1-3H3;1H. The lowest BCUT2D eigenvalue weighted by atomic mass is 10.0. The zero-order valence-corrected chi connectivity index (χ0v) is 13.2. The van der Waals surface area contributed by atoms with Crippen molar-refractivity contribution in [3.8, 4) is 0 Å². The molecule has 1 amide bonds. The molecule has 1 fully saturated rings. The van der Waals surface area contributed by atoms with Crippen LogP contribution in [-0.4, -0.2) is 45.0 Å². The third kappa shape index (κ3) is 3.64. The molecule has 1 heterocycles. The molecule has 4 nitrogen and oxygen atoms in total. The Morgan fingerprint density at radius 2 is 2.20 bits per heavy atom. The number of hydrogen-bond acceptors (Lipinski definition) is 3. The van der Waals surface area contributed by atoms with Gasteiger partial charge in [-0.05, 0) is 37.6 Å². The first-order valence-electron chi connectivity index (χ1n) is 6.85. The summed E-state index contributed by atoms with van der Waals surface area (Å²) in [5, 5.41) is 2.95. The lowest BCUT2D eigenvalue weighted by molar-refractivity contribution is -0.131. The molecule has 0 saturated carbocycles. The average Bonchev–Trinajstić information content (AvgIpc) is 2.88. The van der Waals surface area contributed by atoms with Gasteiger partial charge in [0.05, 0.1) is 12.6 Å². The van der Waals surface area contributed by atoms with Crippen molar-refractivity contribution in [3.05, 3.63) is 29.8 Å². The molecule has 0 spiro atoms. The topological polar surface area (TPSA) is 35.6 Å². The van der Waals surface area contributed by atoms with Crippen LogP contribution in [0.5, 0.6) is 0 Å². The number of carbonyl (C=O) groups is 1. The first kappa shape index (κ1) is 16.8. The fraction of sp³-hybridized carbons (Fsp3) is 0.533. The summed E-state index contributed by atoms with van der Waals surface area (Å²) in [5.74, 6) is 0.195. The first-order valence-corrected chi connectivity index (χ1v) is 6.85. The normalized spacial score (nSPS) is 17.8. The Morgan fingerprint density at radius 3 is 2.85 bits per heavy atom. The van der Waals surface area contributed by atoms with Gasteiger partial charge in [-0.2, -0.15) is 0 Å². The minimum absolute atomic E-state index is 0. The minimum Gasteiger partial charge on any atom is -0.378 e. The van der Waals surface area contributed by atoms with Crippen molar-refractivity contribution in [1.82, 2.24) is 10.2 Å². The van der Waals surface area contributed by atoms with Gasteiger partial charge >= 0.3 is 0 Å². The van der Waals surface area contributed by atoms with Crippen LogP contribution in [0, 0.1) is 0 Å². The number of rotatable bonds is 4. The van der Waals surface area contributed by atoms with E-state index in [4.69, 9.17) is 0 Å². The molecule has 0 radical (unpaired) electrons. The van der Waals surface area contributed by atoms with E-state index in [2.05, 4.69) is 34.5 Å². The number of likely N-dealkylation sites (N-methyl/N-ethyl adjacent to an activating group) is 1. The number of amides is 1.